The van der Waals surface area contributed by atoms with Crippen molar-refractivity contribution in [2.75, 3.05) is 0 Å². The van der Waals surface area contributed by atoms with E-state index in [0.29, 0.717) is 17.0 Å². The average Bonchev–Trinajstić information content (AvgIpc) is 3.65. The van der Waals surface area contributed by atoms with Crippen molar-refractivity contribution in [3.05, 3.63) is 211 Å². The van der Waals surface area contributed by atoms with Crippen LogP contribution in [-0.2, 0) is 0 Å². The number of fused-ring (bicyclic) bond motifs is 3. The van der Waals surface area contributed by atoms with E-state index in [1.54, 1.807) is 0 Å². The van der Waals surface area contributed by atoms with Gasteiger partial charge in [0.2, 0.25) is 0 Å². The number of aromatic nitrogens is 3. The van der Waals surface area contributed by atoms with Crippen LogP contribution in [0.25, 0.3) is 94.8 Å². The second-order valence-corrected chi connectivity index (χ2v) is 14.9. The highest BCUT2D eigenvalue weighted by Gasteiger charge is 2.23. The smallest absolute Gasteiger partial charge is 0.160 e. The number of rotatable bonds is 7. The van der Waals surface area contributed by atoms with Crippen LogP contribution in [0, 0.1) is 29.6 Å². The summed E-state index contributed by atoms with van der Waals surface area (Å²) >= 11 is 0. The highest BCUT2D eigenvalue weighted by atomic mass is 15.0. The van der Waals surface area contributed by atoms with Crippen LogP contribution in [0.1, 0.15) is 16.7 Å². The maximum atomic E-state index is 9.84. The average molecular weight is 766 g/mol. The van der Waals surface area contributed by atoms with Gasteiger partial charge in [-0.3, -0.25) is 0 Å². The fourth-order valence-electron chi connectivity index (χ4n) is 8.12. The lowest BCUT2D eigenvalue weighted by molar-refractivity contribution is 1.17. The molecule has 0 fully saturated rings. The van der Waals surface area contributed by atoms with E-state index < -0.39 is 0 Å². The molecule has 0 aliphatic heterocycles. The van der Waals surface area contributed by atoms with Gasteiger partial charge in [-0.25, -0.2) is 9.97 Å². The van der Waals surface area contributed by atoms with E-state index in [-0.39, 0.29) is 0 Å². The zero-order chi connectivity index (χ0) is 40.6. The molecule has 0 unspecified atom stereocenters. The predicted octanol–water partition coefficient (Wildman–Crippen LogP) is 13.6. The number of nitriles is 2. The van der Waals surface area contributed by atoms with Crippen molar-refractivity contribution in [3.8, 4) is 85.1 Å². The Morgan fingerprint density at radius 3 is 1.50 bits per heavy atom. The summed E-state index contributed by atoms with van der Waals surface area (Å²) in [5.74, 6) is 0.627. The van der Waals surface area contributed by atoms with E-state index in [0.717, 1.165) is 89.0 Å². The summed E-state index contributed by atoms with van der Waals surface area (Å²) in [5.41, 5.74) is 16.0. The predicted molar refractivity (Wildman–Crippen MR) is 243 cm³/mol. The Morgan fingerprint density at radius 2 is 0.900 bits per heavy atom. The van der Waals surface area contributed by atoms with Crippen LogP contribution in [-0.4, -0.2) is 14.5 Å². The van der Waals surface area contributed by atoms with Gasteiger partial charge in [0.15, 0.2) is 5.82 Å². The molecule has 2 aromatic heterocycles. The van der Waals surface area contributed by atoms with Gasteiger partial charge < -0.3 is 4.57 Å². The molecule has 0 radical (unpaired) electrons. The molecule has 280 valence electrons. The fourth-order valence-corrected chi connectivity index (χ4v) is 8.12. The molecule has 0 bridgehead atoms. The van der Waals surface area contributed by atoms with Crippen LogP contribution in [0.15, 0.2) is 194 Å². The highest BCUT2D eigenvalue weighted by molar-refractivity contribution is 6.12. The van der Waals surface area contributed by atoms with Gasteiger partial charge in [0.05, 0.1) is 51.4 Å². The lowest BCUT2D eigenvalue weighted by atomic mass is 9.91. The quantitative estimate of drug-likeness (QED) is 0.162. The van der Waals surface area contributed by atoms with Crippen molar-refractivity contribution >= 4 is 21.8 Å². The molecule has 0 amide bonds. The Bertz CT molecular complexity index is 3160. The topological polar surface area (TPSA) is 78.3 Å². The minimum atomic E-state index is 0.583. The van der Waals surface area contributed by atoms with Gasteiger partial charge in [-0.2, -0.15) is 10.5 Å². The Kier molecular flexibility index (Phi) is 9.10. The third-order valence-corrected chi connectivity index (χ3v) is 11.2. The molecule has 5 heteroatoms. The maximum absolute atomic E-state index is 9.84. The van der Waals surface area contributed by atoms with Crippen LogP contribution in [0.4, 0.5) is 0 Å². The van der Waals surface area contributed by atoms with Gasteiger partial charge in [-0.05, 0) is 89.8 Å². The van der Waals surface area contributed by atoms with Crippen molar-refractivity contribution in [2.45, 2.75) is 6.92 Å². The zero-order valence-corrected chi connectivity index (χ0v) is 32.7. The largest absolute Gasteiger partial charge is 0.308 e. The summed E-state index contributed by atoms with van der Waals surface area (Å²) in [5, 5.41) is 21.9. The van der Waals surface area contributed by atoms with Gasteiger partial charge in [-0.15, -0.1) is 0 Å². The monoisotopic (exact) mass is 765 g/mol. The fraction of sp³-hybridized carbons (Fsp3) is 0.0182. The SMILES string of the molecule is Cc1ccc(-c2ccc3c(c2)c2ccccc2n3-c2c(-c3ccc(C#N)cc3)cc(-c3cc(-c4ccccc4)nc(-c4ccccc4)n3)cc2-c2ccc(C#N)cc2)cc1. The van der Waals surface area contributed by atoms with Crippen molar-refractivity contribution in [1.82, 2.24) is 14.5 Å². The Morgan fingerprint density at radius 1 is 0.400 bits per heavy atom. The summed E-state index contributed by atoms with van der Waals surface area (Å²) in [6.07, 6.45) is 0. The van der Waals surface area contributed by atoms with Gasteiger partial charge in [0.25, 0.3) is 0 Å². The zero-order valence-electron chi connectivity index (χ0n) is 32.7. The lowest BCUT2D eigenvalue weighted by Gasteiger charge is -2.21. The summed E-state index contributed by atoms with van der Waals surface area (Å²) in [4.78, 5) is 10.3. The Hall–Kier alpha value is -8.38. The molecule has 5 nitrogen and oxygen atoms in total. The first-order chi connectivity index (χ1) is 29.5. The van der Waals surface area contributed by atoms with Gasteiger partial charge in [0.1, 0.15) is 0 Å². The number of nitrogens with zero attached hydrogens (tertiary/aromatic N) is 5. The number of para-hydroxylation sites is 1. The Labute approximate surface area is 348 Å². The second kappa shape index (κ2) is 15.2. The third kappa shape index (κ3) is 6.57. The lowest BCUT2D eigenvalue weighted by Crippen LogP contribution is -2.03. The molecular formula is C55H35N5. The molecule has 10 aromatic rings. The summed E-state index contributed by atoms with van der Waals surface area (Å²) in [7, 11) is 0. The van der Waals surface area contributed by atoms with Crippen LogP contribution >= 0.6 is 0 Å². The van der Waals surface area contributed by atoms with Crippen molar-refractivity contribution in [1.29, 1.82) is 10.5 Å². The van der Waals surface area contributed by atoms with Crippen molar-refractivity contribution < 1.29 is 0 Å². The molecular weight excluding hydrogens is 731 g/mol. The first-order valence-electron chi connectivity index (χ1n) is 19.8. The summed E-state index contributed by atoms with van der Waals surface area (Å²) in [6.45, 7) is 2.11. The van der Waals surface area contributed by atoms with Crippen LogP contribution in [0.2, 0.25) is 0 Å². The molecule has 0 atom stereocenters. The summed E-state index contributed by atoms with van der Waals surface area (Å²) < 4.78 is 2.37. The molecule has 0 saturated carbocycles. The molecule has 8 aromatic carbocycles. The molecule has 0 spiro atoms. The first kappa shape index (κ1) is 36.0. The van der Waals surface area contributed by atoms with Gasteiger partial charge >= 0.3 is 0 Å². The minimum absolute atomic E-state index is 0.583. The molecule has 0 N–H and O–H groups in total. The molecule has 0 saturated heterocycles. The number of benzene rings is 8. The highest BCUT2D eigenvalue weighted by Crippen LogP contribution is 2.45. The molecule has 0 aliphatic rings. The maximum Gasteiger partial charge on any atom is 0.160 e. The van der Waals surface area contributed by atoms with Crippen LogP contribution in [0.5, 0.6) is 0 Å². The number of hydrogen-bond acceptors (Lipinski definition) is 4. The van der Waals surface area contributed by atoms with Crippen LogP contribution < -0.4 is 0 Å². The Balaban J connectivity index is 1.31. The van der Waals surface area contributed by atoms with E-state index in [2.05, 4.69) is 121 Å². The number of hydrogen-bond donors (Lipinski definition) is 0. The van der Waals surface area contributed by atoms with E-state index in [4.69, 9.17) is 9.97 Å². The second-order valence-electron chi connectivity index (χ2n) is 14.9. The van der Waals surface area contributed by atoms with E-state index in [1.807, 2.05) is 97.1 Å². The van der Waals surface area contributed by atoms with E-state index in [1.165, 1.54) is 5.56 Å². The first-order valence-corrected chi connectivity index (χ1v) is 19.8. The van der Waals surface area contributed by atoms with Crippen LogP contribution in [0.3, 0.4) is 0 Å². The third-order valence-electron chi connectivity index (χ3n) is 11.2. The van der Waals surface area contributed by atoms with E-state index >= 15 is 0 Å². The summed E-state index contributed by atoms with van der Waals surface area (Å²) in [6, 6.07) is 70.9. The van der Waals surface area contributed by atoms with Gasteiger partial charge in [0, 0.05) is 38.6 Å². The molecule has 0 aliphatic carbocycles. The standard InChI is InChI=1S/C55H35N5/c1-36-16-22-39(23-17-36)44-28-29-53-49(30-44)46-14-8-9-15-52(46)60(53)54-47(40-24-18-37(34-56)19-25-40)31-45(32-48(54)41-26-20-38(35-57)21-27-41)51-33-50(42-10-4-2-5-11-42)58-55(59-51)43-12-6-3-7-13-43/h2-33H,1H3. The molecule has 2 heterocycles. The minimum Gasteiger partial charge on any atom is -0.308 e. The van der Waals surface area contributed by atoms with Crippen molar-refractivity contribution in [3.63, 3.8) is 0 Å². The molecule has 10 rings (SSSR count). The number of aryl methyl sites for hydroxylation is 1. The molecule has 60 heavy (non-hydrogen) atoms. The van der Waals surface area contributed by atoms with Gasteiger partial charge in [-0.1, -0.05) is 139 Å². The van der Waals surface area contributed by atoms with E-state index in [9.17, 15) is 10.5 Å². The normalized spacial score (nSPS) is 11.1. The van der Waals surface area contributed by atoms with Crippen molar-refractivity contribution in [2.24, 2.45) is 0 Å².